The number of ether oxygens (including phenoxy) is 1. The van der Waals surface area contributed by atoms with Crippen LogP contribution in [0.5, 0.6) is 5.75 Å². The predicted molar refractivity (Wildman–Crippen MR) is 125 cm³/mol. The third-order valence-corrected chi connectivity index (χ3v) is 6.30. The van der Waals surface area contributed by atoms with Gasteiger partial charge in [-0.25, -0.2) is 9.50 Å². The van der Waals surface area contributed by atoms with Crippen molar-refractivity contribution in [2.45, 2.75) is 72.5 Å². The number of aryl methyl sites for hydroxylation is 2. The number of fused-ring (bicyclic) bond motifs is 1. The minimum atomic E-state index is -0.531. The molecule has 1 aliphatic rings. The third kappa shape index (κ3) is 3.73. The Morgan fingerprint density at radius 2 is 1.84 bits per heavy atom. The van der Waals surface area contributed by atoms with E-state index >= 15 is 0 Å². The number of nitrogens with one attached hydrogen (secondary N) is 1. The van der Waals surface area contributed by atoms with Gasteiger partial charge in [-0.1, -0.05) is 13.0 Å². The SMILES string of the molecule is CCCc1nc(C)c2c(=O)[nH]c(-c3cc(B4OC(C)(C)C(C)(C)O4)ccc3OCC)nn12. The predicted octanol–water partition coefficient (Wildman–Crippen LogP) is 3.04. The average molecular weight is 438 g/mol. The Bertz CT molecular complexity index is 1200. The molecule has 170 valence electrons. The van der Waals surface area contributed by atoms with Gasteiger partial charge in [-0.3, -0.25) is 4.79 Å². The molecule has 0 unspecified atom stereocenters. The summed E-state index contributed by atoms with van der Waals surface area (Å²) in [5.41, 5.74) is 1.51. The Morgan fingerprint density at radius 3 is 2.47 bits per heavy atom. The van der Waals surface area contributed by atoms with Gasteiger partial charge in [-0.05, 0) is 65.6 Å². The van der Waals surface area contributed by atoms with E-state index in [1.54, 1.807) is 4.52 Å². The zero-order valence-corrected chi connectivity index (χ0v) is 19.9. The van der Waals surface area contributed by atoms with E-state index in [4.69, 9.17) is 19.1 Å². The first-order valence-electron chi connectivity index (χ1n) is 11.2. The first kappa shape index (κ1) is 22.5. The van der Waals surface area contributed by atoms with Gasteiger partial charge in [0.25, 0.3) is 5.56 Å². The van der Waals surface area contributed by atoms with Crippen LogP contribution in [0.2, 0.25) is 0 Å². The van der Waals surface area contributed by atoms with Crippen molar-refractivity contribution < 1.29 is 14.0 Å². The molecule has 3 aromatic rings. The van der Waals surface area contributed by atoms with Gasteiger partial charge in [0, 0.05) is 6.42 Å². The monoisotopic (exact) mass is 438 g/mol. The minimum Gasteiger partial charge on any atom is -0.493 e. The highest BCUT2D eigenvalue weighted by atomic mass is 16.7. The lowest BCUT2D eigenvalue weighted by molar-refractivity contribution is 0.00578. The van der Waals surface area contributed by atoms with Crippen molar-refractivity contribution in [2.24, 2.45) is 0 Å². The molecule has 0 bridgehead atoms. The molecule has 0 saturated carbocycles. The Balaban J connectivity index is 1.85. The summed E-state index contributed by atoms with van der Waals surface area (Å²) < 4.78 is 20.0. The number of hydrogen-bond donors (Lipinski definition) is 1. The molecule has 2 aromatic heterocycles. The fourth-order valence-electron chi connectivity index (χ4n) is 3.88. The average Bonchev–Trinajstić information content (AvgIpc) is 3.14. The van der Waals surface area contributed by atoms with Crippen molar-refractivity contribution in [2.75, 3.05) is 6.61 Å². The summed E-state index contributed by atoms with van der Waals surface area (Å²) in [6, 6.07) is 5.72. The quantitative estimate of drug-likeness (QED) is 0.595. The molecule has 0 atom stereocenters. The van der Waals surface area contributed by atoms with Crippen LogP contribution in [0, 0.1) is 6.92 Å². The van der Waals surface area contributed by atoms with Gasteiger partial charge >= 0.3 is 7.12 Å². The lowest BCUT2D eigenvalue weighted by Gasteiger charge is -2.32. The van der Waals surface area contributed by atoms with E-state index in [-0.39, 0.29) is 5.56 Å². The molecule has 0 radical (unpaired) electrons. The van der Waals surface area contributed by atoms with Crippen LogP contribution in [-0.2, 0) is 15.7 Å². The number of benzene rings is 1. The number of rotatable bonds is 6. The van der Waals surface area contributed by atoms with Gasteiger partial charge < -0.3 is 19.0 Å². The van der Waals surface area contributed by atoms with Crippen molar-refractivity contribution in [3.63, 3.8) is 0 Å². The number of imidazole rings is 1. The van der Waals surface area contributed by atoms with E-state index in [9.17, 15) is 4.79 Å². The number of aromatic nitrogens is 4. The van der Waals surface area contributed by atoms with Crippen molar-refractivity contribution in [1.29, 1.82) is 0 Å². The molecule has 4 rings (SSSR count). The molecule has 1 N–H and O–H groups in total. The number of aromatic amines is 1. The molecule has 32 heavy (non-hydrogen) atoms. The highest BCUT2D eigenvalue weighted by Crippen LogP contribution is 2.37. The van der Waals surface area contributed by atoms with Crippen molar-refractivity contribution in [3.05, 3.63) is 40.1 Å². The molecule has 0 amide bonds. The Kier molecular flexibility index (Phi) is 5.67. The molecule has 1 aliphatic heterocycles. The van der Waals surface area contributed by atoms with Crippen LogP contribution in [0.3, 0.4) is 0 Å². The lowest BCUT2D eigenvalue weighted by Crippen LogP contribution is -2.41. The highest BCUT2D eigenvalue weighted by molar-refractivity contribution is 6.62. The molecular formula is C23H31BN4O4. The second kappa shape index (κ2) is 8.05. The molecular weight excluding hydrogens is 407 g/mol. The maximum absolute atomic E-state index is 12.9. The van der Waals surface area contributed by atoms with Crippen molar-refractivity contribution in [3.8, 4) is 17.1 Å². The Morgan fingerprint density at radius 1 is 1.16 bits per heavy atom. The Labute approximate surface area is 188 Å². The van der Waals surface area contributed by atoms with Crippen LogP contribution < -0.4 is 15.8 Å². The third-order valence-electron chi connectivity index (χ3n) is 6.30. The van der Waals surface area contributed by atoms with Gasteiger partial charge in [0.05, 0.1) is 29.1 Å². The minimum absolute atomic E-state index is 0.231. The highest BCUT2D eigenvalue weighted by Gasteiger charge is 2.51. The van der Waals surface area contributed by atoms with Crippen LogP contribution in [0.4, 0.5) is 0 Å². The van der Waals surface area contributed by atoms with Gasteiger partial charge in [-0.15, -0.1) is 5.10 Å². The van der Waals surface area contributed by atoms with Gasteiger partial charge in [0.1, 0.15) is 11.6 Å². The normalized spacial score (nSPS) is 17.3. The largest absolute Gasteiger partial charge is 0.494 e. The summed E-state index contributed by atoms with van der Waals surface area (Å²) in [5.74, 6) is 1.82. The molecule has 1 fully saturated rings. The number of nitrogens with zero attached hydrogens (tertiary/aromatic N) is 3. The van der Waals surface area contributed by atoms with Crippen LogP contribution in [-0.4, -0.2) is 44.5 Å². The maximum atomic E-state index is 12.9. The topological polar surface area (TPSA) is 90.7 Å². The summed E-state index contributed by atoms with van der Waals surface area (Å²) in [6.07, 6.45) is 1.64. The van der Waals surface area contributed by atoms with Crippen molar-refractivity contribution >= 4 is 18.1 Å². The summed E-state index contributed by atoms with van der Waals surface area (Å²) >= 11 is 0. The summed E-state index contributed by atoms with van der Waals surface area (Å²) in [5, 5.41) is 4.75. The van der Waals surface area contributed by atoms with Crippen LogP contribution in [0.15, 0.2) is 23.0 Å². The molecule has 1 aromatic carbocycles. The lowest BCUT2D eigenvalue weighted by atomic mass is 9.78. The fourth-order valence-corrected chi connectivity index (χ4v) is 3.88. The molecule has 9 heteroatoms. The standard InChI is InChI=1S/C23H31BN4O4/c1-8-10-18-25-14(3)19-21(29)26-20(27-28(18)19)16-13-15(11-12-17(16)30-9-2)24-31-22(4,5)23(6,7)32-24/h11-13H,8-10H2,1-7H3,(H,26,27,29). The summed E-state index contributed by atoms with van der Waals surface area (Å²) in [6.45, 7) is 14.4. The summed E-state index contributed by atoms with van der Waals surface area (Å²) in [7, 11) is -0.531. The van der Waals surface area contributed by atoms with E-state index in [0.717, 1.165) is 24.1 Å². The first-order valence-corrected chi connectivity index (χ1v) is 11.2. The number of H-pyrrole nitrogens is 1. The van der Waals surface area contributed by atoms with E-state index in [0.29, 0.717) is 35.0 Å². The smallest absolute Gasteiger partial charge is 0.493 e. The zero-order valence-electron chi connectivity index (χ0n) is 19.9. The molecule has 1 saturated heterocycles. The van der Waals surface area contributed by atoms with E-state index in [1.165, 1.54) is 0 Å². The van der Waals surface area contributed by atoms with Crippen LogP contribution >= 0.6 is 0 Å². The second-order valence-electron chi connectivity index (χ2n) is 9.20. The van der Waals surface area contributed by atoms with E-state index in [1.807, 2.05) is 59.7 Å². The van der Waals surface area contributed by atoms with Crippen LogP contribution in [0.25, 0.3) is 16.9 Å². The molecule has 0 spiro atoms. The van der Waals surface area contributed by atoms with Gasteiger partial charge in [0.15, 0.2) is 11.3 Å². The molecule has 8 nitrogen and oxygen atoms in total. The molecule has 0 aliphatic carbocycles. The fraction of sp³-hybridized carbons (Fsp3) is 0.522. The van der Waals surface area contributed by atoms with Crippen LogP contribution in [0.1, 0.15) is 59.5 Å². The Hall–Kier alpha value is -2.65. The second-order valence-corrected chi connectivity index (χ2v) is 9.20. The maximum Gasteiger partial charge on any atom is 0.494 e. The number of hydrogen-bond acceptors (Lipinski definition) is 6. The van der Waals surface area contributed by atoms with Crippen molar-refractivity contribution in [1.82, 2.24) is 19.6 Å². The van der Waals surface area contributed by atoms with Gasteiger partial charge in [0.2, 0.25) is 0 Å². The van der Waals surface area contributed by atoms with E-state index < -0.39 is 18.3 Å². The zero-order chi connectivity index (χ0) is 23.3. The van der Waals surface area contributed by atoms with Gasteiger partial charge in [-0.2, -0.15) is 0 Å². The molecule has 3 heterocycles. The summed E-state index contributed by atoms with van der Waals surface area (Å²) in [4.78, 5) is 20.4. The van der Waals surface area contributed by atoms with E-state index in [2.05, 4.69) is 16.9 Å². The first-order chi connectivity index (χ1) is 15.1.